The zero-order chi connectivity index (χ0) is 12.7. The van der Waals surface area contributed by atoms with Crippen LogP contribution in [0, 0.1) is 13.8 Å². The molecule has 0 aliphatic heterocycles. The minimum Gasteiger partial charge on any atom is -0.493 e. The topological polar surface area (TPSA) is 64.3 Å². The van der Waals surface area contributed by atoms with Crippen LogP contribution in [0.4, 0.5) is 0 Å². The van der Waals surface area contributed by atoms with Crippen molar-refractivity contribution < 1.29 is 9.53 Å². The molecule has 0 fully saturated rings. The first-order chi connectivity index (χ1) is 8.13. The van der Waals surface area contributed by atoms with Crippen LogP contribution in [-0.2, 0) is 4.79 Å². The van der Waals surface area contributed by atoms with Gasteiger partial charge in [0.25, 0.3) is 0 Å². The highest BCUT2D eigenvalue weighted by molar-refractivity contribution is 5.85. The van der Waals surface area contributed by atoms with Gasteiger partial charge in [-0.1, -0.05) is 12.1 Å². The van der Waals surface area contributed by atoms with Gasteiger partial charge >= 0.3 is 0 Å². The Labute approximate surface area is 114 Å². The van der Waals surface area contributed by atoms with Gasteiger partial charge in [-0.25, -0.2) is 0 Å². The second-order valence-electron chi connectivity index (χ2n) is 4.01. The third-order valence-corrected chi connectivity index (χ3v) is 2.40. The van der Waals surface area contributed by atoms with Gasteiger partial charge < -0.3 is 15.8 Å². The summed E-state index contributed by atoms with van der Waals surface area (Å²) in [5.74, 6) is 0.817. The van der Waals surface area contributed by atoms with Gasteiger partial charge in [0.1, 0.15) is 5.75 Å². The molecule has 5 heteroatoms. The summed E-state index contributed by atoms with van der Waals surface area (Å²) in [7, 11) is 0. The van der Waals surface area contributed by atoms with E-state index in [4.69, 9.17) is 10.5 Å². The van der Waals surface area contributed by atoms with Crippen LogP contribution in [0.2, 0.25) is 0 Å². The number of nitrogens with one attached hydrogen (secondary N) is 1. The van der Waals surface area contributed by atoms with Gasteiger partial charge in [0.05, 0.1) is 13.0 Å². The van der Waals surface area contributed by atoms with Crippen molar-refractivity contribution in [1.29, 1.82) is 0 Å². The van der Waals surface area contributed by atoms with E-state index in [1.165, 1.54) is 0 Å². The molecule has 1 aromatic rings. The SMILES string of the molecule is Cc1ccc(C)c(OCCC(=O)NCCN)c1.Cl. The number of amides is 1. The minimum absolute atomic E-state index is 0. The van der Waals surface area contributed by atoms with Gasteiger partial charge in [0, 0.05) is 13.1 Å². The summed E-state index contributed by atoms with van der Waals surface area (Å²) in [6, 6.07) is 6.03. The molecule has 1 amide bonds. The summed E-state index contributed by atoms with van der Waals surface area (Å²) in [5, 5.41) is 2.70. The Morgan fingerprint density at radius 3 is 2.78 bits per heavy atom. The van der Waals surface area contributed by atoms with Crippen molar-refractivity contribution in [3.63, 3.8) is 0 Å². The van der Waals surface area contributed by atoms with E-state index in [2.05, 4.69) is 5.32 Å². The fraction of sp³-hybridized carbons (Fsp3) is 0.462. The van der Waals surface area contributed by atoms with E-state index in [0.717, 1.165) is 16.9 Å². The van der Waals surface area contributed by atoms with Crippen molar-refractivity contribution >= 4 is 18.3 Å². The van der Waals surface area contributed by atoms with Gasteiger partial charge in [-0.2, -0.15) is 0 Å². The van der Waals surface area contributed by atoms with Gasteiger partial charge in [-0.15, -0.1) is 12.4 Å². The van der Waals surface area contributed by atoms with Crippen LogP contribution >= 0.6 is 12.4 Å². The predicted molar refractivity (Wildman–Crippen MR) is 75.3 cm³/mol. The molecule has 0 spiro atoms. The normalized spacial score (nSPS) is 9.50. The van der Waals surface area contributed by atoms with Crippen molar-refractivity contribution in [2.45, 2.75) is 20.3 Å². The lowest BCUT2D eigenvalue weighted by Crippen LogP contribution is -2.29. The summed E-state index contributed by atoms with van der Waals surface area (Å²) in [5.41, 5.74) is 7.52. The molecular weight excluding hydrogens is 252 g/mol. The van der Waals surface area contributed by atoms with Gasteiger partial charge in [-0.05, 0) is 31.0 Å². The molecule has 0 radical (unpaired) electrons. The van der Waals surface area contributed by atoms with Crippen molar-refractivity contribution in [2.24, 2.45) is 5.73 Å². The number of ether oxygens (including phenoxy) is 1. The monoisotopic (exact) mass is 272 g/mol. The zero-order valence-corrected chi connectivity index (χ0v) is 11.7. The number of halogens is 1. The second-order valence-corrected chi connectivity index (χ2v) is 4.01. The van der Waals surface area contributed by atoms with Crippen LogP contribution in [0.15, 0.2) is 18.2 Å². The van der Waals surface area contributed by atoms with Gasteiger partial charge in [-0.3, -0.25) is 4.79 Å². The van der Waals surface area contributed by atoms with Crippen molar-refractivity contribution in [3.05, 3.63) is 29.3 Å². The molecule has 0 aliphatic carbocycles. The number of carbonyl (C=O) groups is 1. The zero-order valence-electron chi connectivity index (χ0n) is 10.9. The summed E-state index contributed by atoms with van der Waals surface area (Å²) in [6.07, 6.45) is 0.355. The highest BCUT2D eigenvalue weighted by Crippen LogP contribution is 2.18. The third-order valence-electron chi connectivity index (χ3n) is 2.40. The van der Waals surface area contributed by atoms with Crippen LogP contribution < -0.4 is 15.8 Å². The molecule has 18 heavy (non-hydrogen) atoms. The number of hydrogen-bond donors (Lipinski definition) is 2. The standard InChI is InChI=1S/C13H20N2O2.ClH/c1-10-3-4-11(2)12(9-10)17-8-5-13(16)15-7-6-14;/h3-4,9H,5-8,14H2,1-2H3,(H,15,16);1H. The Morgan fingerprint density at radius 1 is 1.39 bits per heavy atom. The second kappa shape index (κ2) is 8.78. The number of carbonyl (C=O) groups excluding carboxylic acids is 1. The smallest absolute Gasteiger partial charge is 0.223 e. The Bertz CT molecular complexity index is 383. The molecule has 0 saturated carbocycles. The summed E-state index contributed by atoms with van der Waals surface area (Å²) < 4.78 is 5.58. The molecule has 1 aromatic carbocycles. The first kappa shape index (κ1) is 16.7. The van der Waals surface area contributed by atoms with E-state index in [1.807, 2.05) is 32.0 Å². The van der Waals surface area contributed by atoms with Crippen LogP contribution in [0.3, 0.4) is 0 Å². The van der Waals surface area contributed by atoms with Crippen LogP contribution in [0.1, 0.15) is 17.5 Å². The molecule has 4 nitrogen and oxygen atoms in total. The molecule has 0 aromatic heterocycles. The Balaban J connectivity index is 0.00000289. The van der Waals surface area contributed by atoms with Crippen molar-refractivity contribution in [2.75, 3.05) is 19.7 Å². The van der Waals surface area contributed by atoms with Crippen molar-refractivity contribution in [3.8, 4) is 5.75 Å². The van der Waals surface area contributed by atoms with E-state index < -0.39 is 0 Å². The number of hydrogen-bond acceptors (Lipinski definition) is 3. The maximum Gasteiger partial charge on any atom is 0.223 e. The lowest BCUT2D eigenvalue weighted by Gasteiger charge is -2.09. The predicted octanol–water partition coefficient (Wildman–Crippen LogP) is 1.57. The quantitative estimate of drug-likeness (QED) is 0.826. The fourth-order valence-electron chi connectivity index (χ4n) is 1.42. The highest BCUT2D eigenvalue weighted by Gasteiger charge is 2.03. The van der Waals surface area contributed by atoms with E-state index in [0.29, 0.717) is 26.1 Å². The van der Waals surface area contributed by atoms with Gasteiger partial charge in [0.15, 0.2) is 0 Å². The van der Waals surface area contributed by atoms with Gasteiger partial charge in [0.2, 0.25) is 5.91 Å². The average Bonchev–Trinajstić information content (AvgIpc) is 2.31. The largest absolute Gasteiger partial charge is 0.493 e. The number of rotatable bonds is 6. The fourth-order valence-corrected chi connectivity index (χ4v) is 1.42. The minimum atomic E-state index is -0.0271. The molecule has 0 heterocycles. The number of benzene rings is 1. The van der Waals surface area contributed by atoms with Crippen LogP contribution in [0.25, 0.3) is 0 Å². The summed E-state index contributed by atoms with van der Waals surface area (Å²) in [4.78, 5) is 11.3. The lowest BCUT2D eigenvalue weighted by atomic mass is 10.1. The molecule has 0 unspecified atom stereocenters. The van der Waals surface area contributed by atoms with Crippen LogP contribution in [0.5, 0.6) is 5.75 Å². The van der Waals surface area contributed by atoms with Crippen molar-refractivity contribution in [1.82, 2.24) is 5.32 Å². The number of aryl methyl sites for hydroxylation is 2. The molecule has 0 atom stereocenters. The molecule has 3 N–H and O–H groups in total. The highest BCUT2D eigenvalue weighted by atomic mass is 35.5. The maximum absolute atomic E-state index is 11.3. The van der Waals surface area contributed by atoms with E-state index in [-0.39, 0.29) is 18.3 Å². The molecule has 1 rings (SSSR count). The first-order valence-corrected chi connectivity index (χ1v) is 5.80. The number of nitrogens with two attached hydrogens (primary N) is 1. The molecule has 0 saturated heterocycles. The van der Waals surface area contributed by atoms with Crippen LogP contribution in [-0.4, -0.2) is 25.6 Å². The average molecular weight is 273 g/mol. The molecule has 0 bridgehead atoms. The Hall–Kier alpha value is -1.26. The molecule has 0 aliphatic rings. The molecule has 102 valence electrons. The Kier molecular flexibility index (Phi) is 8.16. The van der Waals surface area contributed by atoms with E-state index >= 15 is 0 Å². The van der Waals surface area contributed by atoms with E-state index in [9.17, 15) is 4.79 Å². The first-order valence-electron chi connectivity index (χ1n) is 5.80. The maximum atomic E-state index is 11.3. The lowest BCUT2D eigenvalue weighted by molar-refractivity contribution is -0.121. The summed E-state index contributed by atoms with van der Waals surface area (Å²) in [6.45, 7) is 5.37. The summed E-state index contributed by atoms with van der Waals surface area (Å²) >= 11 is 0. The molecular formula is C13H21ClN2O2. The Morgan fingerprint density at radius 2 is 2.11 bits per heavy atom. The van der Waals surface area contributed by atoms with E-state index in [1.54, 1.807) is 0 Å². The third kappa shape index (κ3) is 5.89.